The van der Waals surface area contributed by atoms with E-state index in [4.69, 9.17) is 4.74 Å². The standard InChI is InChI=1S/C19H23N3O5/c1-2-3-10-27-14-9-5-6-11-12(14)7-4-8-13(11)20-17(24)15-16(23)18(25)22-19(26)21-15/h5-6,9,13,23H,2-4,7-8,10H2,1H3,(H,20,24)(H2,21,22,25,26)/t13-/m1/s1. The van der Waals surface area contributed by atoms with Gasteiger partial charge < -0.3 is 15.2 Å². The van der Waals surface area contributed by atoms with Crippen LogP contribution in [-0.4, -0.2) is 27.6 Å². The lowest BCUT2D eigenvalue weighted by Gasteiger charge is -2.28. The monoisotopic (exact) mass is 373 g/mol. The molecule has 0 aliphatic heterocycles. The second-order valence-electron chi connectivity index (χ2n) is 6.58. The number of hydrogen-bond acceptors (Lipinski definition) is 5. The van der Waals surface area contributed by atoms with Crippen molar-refractivity contribution in [1.29, 1.82) is 0 Å². The third-order valence-corrected chi connectivity index (χ3v) is 4.67. The van der Waals surface area contributed by atoms with Crippen molar-refractivity contribution in [3.05, 3.63) is 55.9 Å². The largest absolute Gasteiger partial charge is 0.501 e. The highest BCUT2D eigenvalue weighted by molar-refractivity contribution is 5.94. The minimum Gasteiger partial charge on any atom is -0.501 e. The van der Waals surface area contributed by atoms with Crippen LogP contribution in [0.4, 0.5) is 0 Å². The summed E-state index contributed by atoms with van der Waals surface area (Å²) in [5.74, 6) is -0.682. The van der Waals surface area contributed by atoms with Crippen molar-refractivity contribution >= 4 is 5.91 Å². The van der Waals surface area contributed by atoms with Crippen molar-refractivity contribution in [2.75, 3.05) is 6.61 Å². The SMILES string of the molecule is CCCCOc1cccc2c1CCC[C@H]2NC(=O)c1[nH]c(=O)[nH]c(=O)c1O. The number of carbonyl (C=O) groups excluding carboxylic acids is 1. The molecule has 0 unspecified atom stereocenters. The van der Waals surface area contributed by atoms with Crippen LogP contribution in [0.25, 0.3) is 0 Å². The Morgan fingerprint density at radius 2 is 2.15 bits per heavy atom. The molecule has 1 aliphatic carbocycles. The maximum atomic E-state index is 12.5. The van der Waals surface area contributed by atoms with E-state index >= 15 is 0 Å². The summed E-state index contributed by atoms with van der Waals surface area (Å²) in [4.78, 5) is 39.5. The summed E-state index contributed by atoms with van der Waals surface area (Å²) < 4.78 is 5.89. The molecule has 1 amide bonds. The van der Waals surface area contributed by atoms with Crippen LogP contribution in [0.2, 0.25) is 0 Å². The molecule has 0 saturated heterocycles. The molecule has 4 N–H and O–H groups in total. The van der Waals surface area contributed by atoms with Crippen molar-refractivity contribution in [2.45, 2.75) is 45.1 Å². The fraction of sp³-hybridized carbons (Fsp3) is 0.421. The maximum Gasteiger partial charge on any atom is 0.326 e. The van der Waals surface area contributed by atoms with E-state index in [0.29, 0.717) is 13.0 Å². The summed E-state index contributed by atoms with van der Waals surface area (Å²) in [5, 5.41) is 12.6. The number of unbranched alkanes of at least 4 members (excludes halogenated alkanes) is 1. The van der Waals surface area contributed by atoms with E-state index in [2.05, 4.69) is 17.2 Å². The molecule has 1 atom stereocenters. The number of nitrogens with one attached hydrogen (secondary N) is 3. The number of carbonyl (C=O) groups is 1. The Hall–Kier alpha value is -3.03. The van der Waals surface area contributed by atoms with Gasteiger partial charge in [-0.1, -0.05) is 25.5 Å². The van der Waals surface area contributed by atoms with E-state index in [1.165, 1.54) is 0 Å². The van der Waals surface area contributed by atoms with Crippen LogP contribution in [0.15, 0.2) is 27.8 Å². The van der Waals surface area contributed by atoms with Crippen LogP contribution in [0.5, 0.6) is 11.5 Å². The number of ether oxygens (including phenoxy) is 1. The van der Waals surface area contributed by atoms with E-state index in [0.717, 1.165) is 42.6 Å². The number of benzene rings is 1. The van der Waals surface area contributed by atoms with Crippen LogP contribution in [0, 0.1) is 0 Å². The Labute approximate surface area is 155 Å². The topological polar surface area (TPSA) is 124 Å². The van der Waals surface area contributed by atoms with Crippen molar-refractivity contribution in [2.24, 2.45) is 0 Å². The van der Waals surface area contributed by atoms with Crippen molar-refractivity contribution in [3.8, 4) is 11.5 Å². The van der Waals surface area contributed by atoms with Gasteiger partial charge in [-0.3, -0.25) is 19.6 Å². The van der Waals surface area contributed by atoms with Crippen molar-refractivity contribution in [1.82, 2.24) is 15.3 Å². The van der Waals surface area contributed by atoms with Crippen LogP contribution in [-0.2, 0) is 6.42 Å². The van der Waals surface area contributed by atoms with E-state index in [1.807, 2.05) is 23.2 Å². The van der Waals surface area contributed by atoms with Gasteiger partial charge in [0.05, 0.1) is 12.6 Å². The summed E-state index contributed by atoms with van der Waals surface area (Å²) in [5.41, 5.74) is -0.270. The van der Waals surface area contributed by atoms with Crippen LogP contribution < -0.4 is 21.3 Å². The lowest BCUT2D eigenvalue weighted by Crippen LogP contribution is -2.35. The van der Waals surface area contributed by atoms with E-state index in [1.54, 1.807) is 0 Å². The molecule has 1 heterocycles. The van der Waals surface area contributed by atoms with Crippen molar-refractivity contribution < 1.29 is 14.6 Å². The molecule has 0 spiro atoms. The zero-order valence-electron chi connectivity index (χ0n) is 15.1. The van der Waals surface area contributed by atoms with E-state index in [9.17, 15) is 19.5 Å². The quantitative estimate of drug-likeness (QED) is 0.574. The van der Waals surface area contributed by atoms with E-state index < -0.39 is 28.6 Å². The van der Waals surface area contributed by atoms with Crippen LogP contribution >= 0.6 is 0 Å². The van der Waals surface area contributed by atoms with Gasteiger partial charge in [0.2, 0.25) is 5.75 Å². The molecule has 8 nitrogen and oxygen atoms in total. The highest BCUT2D eigenvalue weighted by Gasteiger charge is 2.26. The first kappa shape index (κ1) is 18.8. The van der Waals surface area contributed by atoms with Crippen LogP contribution in [0.3, 0.4) is 0 Å². The maximum absolute atomic E-state index is 12.5. The molecular weight excluding hydrogens is 350 g/mol. The minimum absolute atomic E-state index is 0.293. The molecule has 0 radical (unpaired) electrons. The number of aromatic nitrogens is 2. The van der Waals surface area contributed by atoms with Crippen molar-refractivity contribution in [3.63, 3.8) is 0 Å². The van der Waals surface area contributed by atoms with Gasteiger partial charge in [-0.05, 0) is 42.9 Å². The first-order chi connectivity index (χ1) is 13.0. The molecule has 0 fully saturated rings. The Kier molecular flexibility index (Phi) is 5.63. The second-order valence-corrected chi connectivity index (χ2v) is 6.58. The molecular formula is C19H23N3O5. The predicted molar refractivity (Wildman–Crippen MR) is 99.3 cm³/mol. The molecule has 1 aromatic carbocycles. The Balaban J connectivity index is 1.84. The number of aromatic amines is 2. The summed E-state index contributed by atoms with van der Waals surface area (Å²) >= 11 is 0. The highest BCUT2D eigenvalue weighted by atomic mass is 16.5. The fourth-order valence-electron chi connectivity index (χ4n) is 3.30. The minimum atomic E-state index is -1.00. The molecule has 144 valence electrons. The molecule has 3 rings (SSSR count). The number of H-pyrrole nitrogens is 2. The molecule has 0 bridgehead atoms. The van der Waals surface area contributed by atoms with Gasteiger partial charge >= 0.3 is 5.69 Å². The highest BCUT2D eigenvalue weighted by Crippen LogP contribution is 2.35. The Morgan fingerprint density at radius 3 is 2.93 bits per heavy atom. The van der Waals surface area contributed by atoms with Gasteiger partial charge in [0.25, 0.3) is 11.5 Å². The number of aromatic hydroxyl groups is 1. The van der Waals surface area contributed by atoms with Crippen LogP contribution in [0.1, 0.15) is 60.3 Å². The zero-order valence-corrected chi connectivity index (χ0v) is 15.1. The van der Waals surface area contributed by atoms with Gasteiger partial charge in [-0.15, -0.1) is 0 Å². The fourth-order valence-corrected chi connectivity index (χ4v) is 3.30. The van der Waals surface area contributed by atoms with Gasteiger partial charge in [0.1, 0.15) is 5.75 Å². The second kappa shape index (κ2) is 8.11. The van der Waals surface area contributed by atoms with Gasteiger partial charge in [-0.25, -0.2) is 4.79 Å². The third-order valence-electron chi connectivity index (χ3n) is 4.67. The Bertz CT molecular complexity index is 947. The van der Waals surface area contributed by atoms with Gasteiger partial charge in [0.15, 0.2) is 5.69 Å². The lowest BCUT2D eigenvalue weighted by molar-refractivity contribution is 0.0923. The first-order valence-electron chi connectivity index (χ1n) is 9.12. The molecule has 8 heteroatoms. The summed E-state index contributed by atoms with van der Waals surface area (Å²) in [6.07, 6.45) is 4.46. The summed E-state index contributed by atoms with van der Waals surface area (Å²) in [6.45, 7) is 2.75. The van der Waals surface area contributed by atoms with Gasteiger partial charge in [0, 0.05) is 0 Å². The van der Waals surface area contributed by atoms with E-state index in [-0.39, 0.29) is 6.04 Å². The first-order valence-corrected chi connectivity index (χ1v) is 9.12. The number of fused-ring (bicyclic) bond motifs is 1. The molecule has 1 aromatic heterocycles. The third kappa shape index (κ3) is 4.05. The summed E-state index contributed by atoms with van der Waals surface area (Å²) in [7, 11) is 0. The zero-order chi connectivity index (χ0) is 19.4. The normalized spacial score (nSPS) is 15.8. The Morgan fingerprint density at radius 1 is 1.33 bits per heavy atom. The molecule has 0 saturated carbocycles. The number of rotatable bonds is 6. The molecule has 2 aromatic rings. The number of amides is 1. The average molecular weight is 373 g/mol. The number of hydrogen-bond donors (Lipinski definition) is 4. The predicted octanol–water partition coefficient (Wildman–Crippen LogP) is 1.76. The average Bonchev–Trinajstić information content (AvgIpc) is 2.65. The molecule has 1 aliphatic rings. The molecule has 27 heavy (non-hydrogen) atoms. The summed E-state index contributed by atoms with van der Waals surface area (Å²) in [6, 6.07) is 5.46. The van der Waals surface area contributed by atoms with Gasteiger partial charge in [-0.2, -0.15) is 0 Å². The lowest BCUT2D eigenvalue weighted by atomic mass is 9.87. The smallest absolute Gasteiger partial charge is 0.326 e.